The van der Waals surface area contributed by atoms with E-state index in [-0.39, 0.29) is 17.3 Å². The van der Waals surface area contributed by atoms with Crippen LogP contribution < -0.4 is 11.1 Å². The molecule has 0 aliphatic carbocycles. The molecule has 4 N–H and O–H groups in total. The number of carboxylic acid groups (broad SMARTS) is 1. The summed E-state index contributed by atoms with van der Waals surface area (Å²) in [5, 5.41) is 11.6. The van der Waals surface area contributed by atoms with E-state index in [0.29, 0.717) is 31.6 Å². The first-order chi connectivity index (χ1) is 8.93. The lowest BCUT2D eigenvalue weighted by Crippen LogP contribution is -2.49. The second-order valence-corrected chi connectivity index (χ2v) is 5.70. The summed E-state index contributed by atoms with van der Waals surface area (Å²) in [7, 11) is 0. The Bertz CT molecular complexity index is 364. The molecule has 2 unspecified atom stereocenters. The zero-order valence-corrected chi connectivity index (χ0v) is 11.6. The first-order valence-electron chi connectivity index (χ1n) is 6.12. The van der Waals surface area contributed by atoms with Gasteiger partial charge in [-0.05, 0) is 19.8 Å². The predicted molar refractivity (Wildman–Crippen MR) is 71.6 cm³/mol. The van der Waals surface area contributed by atoms with Crippen LogP contribution in [0, 0.1) is 0 Å². The topological polar surface area (TPSA) is 113 Å². The molecule has 1 aliphatic rings. The van der Waals surface area contributed by atoms with Gasteiger partial charge in [0.15, 0.2) is 0 Å². The highest BCUT2D eigenvalue weighted by molar-refractivity contribution is 8.00. The summed E-state index contributed by atoms with van der Waals surface area (Å²) in [6.07, 6.45) is 1.55. The van der Waals surface area contributed by atoms with Crippen LogP contribution in [-0.4, -0.2) is 51.6 Å². The smallest absolute Gasteiger partial charge is 0.327 e. The largest absolute Gasteiger partial charge is 0.480 e. The summed E-state index contributed by atoms with van der Waals surface area (Å²) < 4.78 is 0. The van der Waals surface area contributed by atoms with E-state index >= 15 is 0 Å². The van der Waals surface area contributed by atoms with Gasteiger partial charge < -0.3 is 16.2 Å². The number of nitrogens with one attached hydrogen (secondary N) is 1. The molecule has 1 heterocycles. The maximum atomic E-state index is 11.9. The van der Waals surface area contributed by atoms with Gasteiger partial charge in [-0.25, -0.2) is 9.59 Å². The molecule has 1 saturated heterocycles. The SMILES string of the molecule is CC1SCC(C(=O)O)N1C(=O)NCCCCC(N)=O. The fourth-order valence-electron chi connectivity index (χ4n) is 1.85. The number of carboxylic acids is 1. The fourth-order valence-corrected chi connectivity index (χ4v) is 3.02. The number of nitrogens with zero attached hydrogens (tertiary/aromatic N) is 1. The quantitative estimate of drug-likeness (QED) is 0.605. The van der Waals surface area contributed by atoms with Gasteiger partial charge in [0.2, 0.25) is 5.91 Å². The standard InChI is InChI=1S/C11H19N3O4S/c1-7-14(8(6-19-7)10(16)17)11(18)13-5-3-2-4-9(12)15/h7-8H,2-6H2,1H3,(H2,12,15)(H,13,18)(H,16,17). The van der Waals surface area contributed by atoms with Crippen molar-refractivity contribution >= 4 is 29.7 Å². The molecule has 0 bridgehead atoms. The first kappa shape index (κ1) is 15.6. The third-order valence-electron chi connectivity index (χ3n) is 2.87. The van der Waals surface area contributed by atoms with Crippen molar-refractivity contribution in [3.8, 4) is 0 Å². The van der Waals surface area contributed by atoms with Crippen molar-refractivity contribution in [2.24, 2.45) is 5.73 Å². The van der Waals surface area contributed by atoms with Crippen molar-refractivity contribution in [1.82, 2.24) is 10.2 Å². The number of aliphatic carboxylic acids is 1. The Morgan fingerprint density at radius 1 is 1.42 bits per heavy atom. The lowest BCUT2D eigenvalue weighted by Gasteiger charge is -2.25. The molecule has 0 aromatic heterocycles. The molecule has 0 spiro atoms. The molecule has 0 aromatic carbocycles. The van der Waals surface area contributed by atoms with Crippen LogP contribution in [0.2, 0.25) is 0 Å². The maximum absolute atomic E-state index is 11.9. The van der Waals surface area contributed by atoms with E-state index in [0.717, 1.165) is 0 Å². The third kappa shape index (κ3) is 4.62. The van der Waals surface area contributed by atoms with Gasteiger partial charge in [-0.15, -0.1) is 11.8 Å². The van der Waals surface area contributed by atoms with Crippen molar-refractivity contribution in [3.63, 3.8) is 0 Å². The lowest BCUT2D eigenvalue weighted by atomic mass is 10.2. The van der Waals surface area contributed by atoms with E-state index in [2.05, 4.69) is 5.32 Å². The number of rotatable bonds is 6. The minimum Gasteiger partial charge on any atom is -0.480 e. The Hall–Kier alpha value is -1.44. The van der Waals surface area contributed by atoms with Crippen LogP contribution in [-0.2, 0) is 9.59 Å². The molecule has 8 heteroatoms. The summed E-state index contributed by atoms with van der Waals surface area (Å²) in [6.45, 7) is 2.21. The molecule has 1 aliphatic heterocycles. The molecular weight excluding hydrogens is 270 g/mol. The van der Waals surface area contributed by atoms with Gasteiger partial charge in [-0.2, -0.15) is 0 Å². The van der Waals surface area contributed by atoms with Gasteiger partial charge in [0.05, 0.1) is 5.37 Å². The highest BCUT2D eigenvalue weighted by Gasteiger charge is 2.39. The number of carbonyl (C=O) groups is 3. The van der Waals surface area contributed by atoms with E-state index in [4.69, 9.17) is 10.8 Å². The molecule has 0 aromatic rings. The number of hydrogen-bond donors (Lipinski definition) is 3. The van der Waals surface area contributed by atoms with E-state index in [9.17, 15) is 14.4 Å². The van der Waals surface area contributed by atoms with E-state index in [1.165, 1.54) is 16.7 Å². The minimum atomic E-state index is -0.985. The van der Waals surface area contributed by atoms with Gasteiger partial charge in [0.25, 0.3) is 0 Å². The minimum absolute atomic E-state index is 0.147. The second kappa shape index (κ2) is 7.22. The molecule has 0 saturated carbocycles. The molecule has 19 heavy (non-hydrogen) atoms. The summed E-state index contributed by atoms with van der Waals surface area (Å²) in [6, 6.07) is -1.14. The van der Waals surface area contributed by atoms with E-state index in [1.807, 2.05) is 0 Å². The normalized spacial score (nSPS) is 22.3. The van der Waals surface area contributed by atoms with Gasteiger partial charge >= 0.3 is 12.0 Å². The monoisotopic (exact) mass is 289 g/mol. The number of nitrogens with two attached hydrogens (primary N) is 1. The zero-order chi connectivity index (χ0) is 14.4. The molecule has 1 fully saturated rings. The number of urea groups is 1. The van der Waals surface area contributed by atoms with Crippen molar-refractivity contribution in [3.05, 3.63) is 0 Å². The van der Waals surface area contributed by atoms with Gasteiger partial charge in [-0.3, -0.25) is 9.69 Å². The van der Waals surface area contributed by atoms with Gasteiger partial charge in [0, 0.05) is 18.7 Å². The molecule has 3 amide bonds. The Kier molecular flexibility index (Phi) is 5.94. The molecular formula is C11H19N3O4S. The van der Waals surface area contributed by atoms with Crippen molar-refractivity contribution in [2.45, 2.75) is 37.6 Å². The van der Waals surface area contributed by atoms with Crippen LogP contribution in [0.25, 0.3) is 0 Å². The Morgan fingerprint density at radius 2 is 2.11 bits per heavy atom. The van der Waals surface area contributed by atoms with Crippen LogP contribution in [0.3, 0.4) is 0 Å². The van der Waals surface area contributed by atoms with Crippen LogP contribution in [0.4, 0.5) is 4.79 Å². The summed E-state index contributed by atoms with van der Waals surface area (Å²) in [4.78, 5) is 34.8. The summed E-state index contributed by atoms with van der Waals surface area (Å²) in [5.74, 6) is -0.937. The van der Waals surface area contributed by atoms with Crippen LogP contribution in [0.15, 0.2) is 0 Å². The second-order valence-electron chi connectivity index (χ2n) is 4.35. The number of amides is 3. The van der Waals surface area contributed by atoms with E-state index < -0.39 is 12.0 Å². The Morgan fingerprint density at radius 3 is 2.68 bits per heavy atom. The number of unbranched alkanes of at least 4 members (excludes halogenated alkanes) is 1. The van der Waals surface area contributed by atoms with Crippen molar-refractivity contribution in [1.29, 1.82) is 0 Å². The molecule has 0 radical (unpaired) electrons. The van der Waals surface area contributed by atoms with Gasteiger partial charge in [0.1, 0.15) is 6.04 Å². The molecule has 108 valence electrons. The highest BCUT2D eigenvalue weighted by atomic mass is 32.2. The highest BCUT2D eigenvalue weighted by Crippen LogP contribution is 2.28. The Balaban J connectivity index is 2.35. The average Bonchev–Trinajstić information content (AvgIpc) is 2.70. The third-order valence-corrected chi connectivity index (χ3v) is 4.09. The van der Waals surface area contributed by atoms with Crippen LogP contribution in [0.5, 0.6) is 0 Å². The number of carbonyl (C=O) groups excluding carboxylic acids is 2. The van der Waals surface area contributed by atoms with Crippen molar-refractivity contribution < 1.29 is 19.5 Å². The number of thioether (sulfide) groups is 1. The maximum Gasteiger partial charge on any atom is 0.327 e. The summed E-state index contributed by atoms with van der Waals surface area (Å²) >= 11 is 1.44. The lowest BCUT2D eigenvalue weighted by molar-refractivity contribution is -0.141. The molecule has 2 atom stereocenters. The van der Waals surface area contributed by atoms with E-state index in [1.54, 1.807) is 6.92 Å². The zero-order valence-electron chi connectivity index (χ0n) is 10.8. The molecule has 7 nitrogen and oxygen atoms in total. The van der Waals surface area contributed by atoms with Gasteiger partial charge in [-0.1, -0.05) is 0 Å². The number of hydrogen-bond acceptors (Lipinski definition) is 4. The predicted octanol–water partition coefficient (Wildman–Crippen LogP) is 0.200. The fraction of sp³-hybridized carbons (Fsp3) is 0.727. The molecule has 1 rings (SSSR count). The van der Waals surface area contributed by atoms with Crippen LogP contribution >= 0.6 is 11.8 Å². The first-order valence-corrected chi connectivity index (χ1v) is 7.17. The number of primary amides is 1. The van der Waals surface area contributed by atoms with Crippen LogP contribution in [0.1, 0.15) is 26.2 Å². The average molecular weight is 289 g/mol. The van der Waals surface area contributed by atoms with Crippen molar-refractivity contribution in [2.75, 3.05) is 12.3 Å². The Labute approximate surface area is 115 Å². The summed E-state index contributed by atoms with van der Waals surface area (Å²) in [5.41, 5.74) is 5.00.